The Morgan fingerprint density at radius 1 is 1.16 bits per heavy atom. The van der Waals surface area contributed by atoms with Gasteiger partial charge in [-0.15, -0.1) is 10.2 Å². The molecule has 0 bridgehead atoms. The first kappa shape index (κ1) is 24.4. The van der Waals surface area contributed by atoms with Gasteiger partial charge < -0.3 is 19.4 Å². The standard InChI is InChI=1S/C24H36N4O3S/c1-16(2)14-28-23(18(4)31-20-12-10-19(30-5)11-13-20)26-27-24(28)32-15-22(29)25-21-9-7-6-8-17(21)3/h10-13,16-18,21H,6-9,14-15H2,1-5H3,(H,25,29). The van der Waals surface area contributed by atoms with E-state index in [9.17, 15) is 4.79 Å². The SMILES string of the molecule is COc1ccc(OC(C)c2nnc(SCC(=O)NC3CCCCC3C)n2CC(C)C)cc1. The van der Waals surface area contributed by atoms with Gasteiger partial charge in [-0.3, -0.25) is 4.79 Å². The first-order chi connectivity index (χ1) is 15.4. The molecule has 1 saturated carbocycles. The summed E-state index contributed by atoms with van der Waals surface area (Å²) in [7, 11) is 1.64. The second kappa shape index (κ2) is 11.6. The van der Waals surface area contributed by atoms with Crippen LogP contribution < -0.4 is 14.8 Å². The number of aromatic nitrogens is 3. The van der Waals surface area contributed by atoms with E-state index >= 15 is 0 Å². The van der Waals surface area contributed by atoms with Crippen LogP contribution in [-0.2, 0) is 11.3 Å². The van der Waals surface area contributed by atoms with E-state index in [1.807, 2.05) is 31.2 Å². The summed E-state index contributed by atoms with van der Waals surface area (Å²) in [6.45, 7) is 9.28. The van der Waals surface area contributed by atoms with Crippen LogP contribution in [0, 0.1) is 11.8 Å². The second-order valence-electron chi connectivity index (χ2n) is 9.01. The molecule has 32 heavy (non-hydrogen) atoms. The van der Waals surface area contributed by atoms with Crippen LogP contribution in [0.5, 0.6) is 11.5 Å². The summed E-state index contributed by atoms with van der Waals surface area (Å²) in [4.78, 5) is 12.6. The molecule has 0 spiro atoms. The van der Waals surface area contributed by atoms with Crippen LogP contribution in [0.2, 0.25) is 0 Å². The average Bonchev–Trinajstić information content (AvgIpc) is 3.16. The van der Waals surface area contributed by atoms with Crippen molar-refractivity contribution in [2.24, 2.45) is 11.8 Å². The summed E-state index contributed by atoms with van der Waals surface area (Å²) in [5.41, 5.74) is 0. The van der Waals surface area contributed by atoms with E-state index in [1.54, 1.807) is 7.11 Å². The van der Waals surface area contributed by atoms with E-state index in [0.717, 1.165) is 35.4 Å². The number of amides is 1. The Morgan fingerprint density at radius 3 is 2.50 bits per heavy atom. The number of benzene rings is 1. The van der Waals surface area contributed by atoms with E-state index in [0.29, 0.717) is 23.6 Å². The Hall–Kier alpha value is -2.22. The van der Waals surface area contributed by atoms with Gasteiger partial charge in [-0.25, -0.2) is 0 Å². The lowest BCUT2D eigenvalue weighted by Crippen LogP contribution is -2.41. The summed E-state index contributed by atoms with van der Waals surface area (Å²) >= 11 is 1.44. The molecule has 176 valence electrons. The number of methoxy groups -OCH3 is 1. The number of hydrogen-bond donors (Lipinski definition) is 1. The van der Waals surface area contributed by atoms with Gasteiger partial charge in [-0.05, 0) is 55.9 Å². The summed E-state index contributed by atoms with van der Waals surface area (Å²) in [6.07, 6.45) is 4.45. The molecule has 1 fully saturated rings. The van der Waals surface area contributed by atoms with E-state index < -0.39 is 0 Å². The number of rotatable bonds is 10. The molecule has 2 aromatic rings. The molecule has 1 aromatic carbocycles. The van der Waals surface area contributed by atoms with Gasteiger partial charge in [0, 0.05) is 12.6 Å². The number of thioether (sulfide) groups is 1. The van der Waals surface area contributed by atoms with Gasteiger partial charge in [0.25, 0.3) is 0 Å². The number of nitrogens with one attached hydrogen (secondary N) is 1. The van der Waals surface area contributed by atoms with Crippen molar-refractivity contribution in [1.29, 1.82) is 0 Å². The van der Waals surface area contributed by atoms with Gasteiger partial charge in [0.05, 0.1) is 12.9 Å². The lowest BCUT2D eigenvalue weighted by molar-refractivity contribution is -0.119. The van der Waals surface area contributed by atoms with E-state index in [4.69, 9.17) is 9.47 Å². The number of carbonyl (C=O) groups excluding carboxylic acids is 1. The van der Waals surface area contributed by atoms with Gasteiger partial charge in [-0.2, -0.15) is 0 Å². The number of ether oxygens (including phenoxy) is 2. The highest BCUT2D eigenvalue weighted by atomic mass is 32.2. The van der Waals surface area contributed by atoms with Crippen molar-refractivity contribution in [3.63, 3.8) is 0 Å². The number of nitrogens with zero attached hydrogens (tertiary/aromatic N) is 3. The lowest BCUT2D eigenvalue weighted by Gasteiger charge is -2.29. The average molecular weight is 461 g/mol. The fourth-order valence-electron chi connectivity index (χ4n) is 4.06. The molecule has 3 rings (SSSR count). The molecule has 7 nitrogen and oxygen atoms in total. The predicted octanol–water partition coefficient (Wildman–Crippen LogP) is 4.87. The fourth-order valence-corrected chi connectivity index (χ4v) is 4.83. The first-order valence-corrected chi connectivity index (χ1v) is 12.5. The number of carbonyl (C=O) groups is 1. The molecule has 1 aliphatic carbocycles. The molecule has 3 unspecified atom stereocenters. The minimum atomic E-state index is -0.277. The highest BCUT2D eigenvalue weighted by molar-refractivity contribution is 7.99. The van der Waals surface area contributed by atoms with Gasteiger partial charge in [0.15, 0.2) is 17.1 Å². The molecule has 0 saturated heterocycles. The van der Waals surface area contributed by atoms with Crippen molar-refractivity contribution in [3.05, 3.63) is 30.1 Å². The summed E-state index contributed by atoms with van der Waals surface area (Å²) in [5, 5.41) is 12.8. The molecule has 8 heteroatoms. The van der Waals surface area contributed by atoms with Crippen molar-refractivity contribution in [3.8, 4) is 11.5 Å². The molecule has 3 atom stereocenters. The van der Waals surface area contributed by atoms with Crippen LogP contribution in [0.25, 0.3) is 0 Å². The third kappa shape index (κ3) is 6.64. The van der Waals surface area contributed by atoms with Gasteiger partial charge >= 0.3 is 0 Å². The first-order valence-electron chi connectivity index (χ1n) is 11.5. The molecular weight excluding hydrogens is 424 g/mol. The molecule has 0 aliphatic heterocycles. The smallest absolute Gasteiger partial charge is 0.230 e. The zero-order chi connectivity index (χ0) is 23.1. The van der Waals surface area contributed by atoms with E-state index in [2.05, 4.69) is 40.9 Å². The Kier molecular flexibility index (Phi) is 8.84. The minimum absolute atomic E-state index is 0.0666. The van der Waals surface area contributed by atoms with E-state index in [1.165, 1.54) is 31.0 Å². The minimum Gasteiger partial charge on any atom is -0.497 e. The van der Waals surface area contributed by atoms with Crippen LogP contribution in [0.1, 0.15) is 65.3 Å². The summed E-state index contributed by atoms with van der Waals surface area (Å²) in [6, 6.07) is 7.79. The maximum Gasteiger partial charge on any atom is 0.230 e. The largest absolute Gasteiger partial charge is 0.497 e. The second-order valence-corrected chi connectivity index (χ2v) is 9.95. The van der Waals surface area contributed by atoms with Crippen LogP contribution in [0.3, 0.4) is 0 Å². The Balaban J connectivity index is 1.65. The van der Waals surface area contributed by atoms with Crippen molar-refractivity contribution in [1.82, 2.24) is 20.1 Å². The zero-order valence-corrected chi connectivity index (χ0v) is 20.7. The van der Waals surface area contributed by atoms with Crippen molar-refractivity contribution in [2.75, 3.05) is 12.9 Å². The monoisotopic (exact) mass is 460 g/mol. The quantitative estimate of drug-likeness (QED) is 0.510. The molecule has 1 heterocycles. The van der Waals surface area contributed by atoms with Crippen LogP contribution in [0.15, 0.2) is 29.4 Å². The van der Waals surface area contributed by atoms with Gasteiger partial charge in [0.2, 0.25) is 5.91 Å². The van der Waals surface area contributed by atoms with E-state index in [-0.39, 0.29) is 12.0 Å². The van der Waals surface area contributed by atoms with Crippen molar-refractivity contribution >= 4 is 17.7 Å². The third-order valence-corrected chi connectivity index (χ3v) is 6.79. The zero-order valence-electron chi connectivity index (χ0n) is 19.8. The Bertz CT molecular complexity index is 869. The molecule has 1 N–H and O–H groups in total. The van der Waals surface area contributed by atoms with Crippen LogP contribution in [0.4, 0.5) is 0 Å². The summed E-state index contributed by atoms with van der Waals surface area (Å²) in [5.74, 6) is 3.65. The fraction of sp³-hybridized carbons (Fsp3) is 0.625. The number of hydrogen-bond acceptors (Lipinski definition) is 6. The molecular formula is C24H36N4O3S. The predicted molar refractivity (Wildman–Crippen MR) is 127 cm³/mol. The normalized spacial score (nSPS) is 19.6. The topological polar surface area (TPSA) is 78.3 Å². The maximum atomic E-state index is 12.6. The highest BCUT2D eigenvalue weighted by Gasteiger charge is 2.24. The Labute approximate surface area is 195 Å². The molecule has 1 amide bonds. The third-order valence-electron chi connectivity index (χ3n) is 5.82. The van der Waals surface area contributed by atoms with Crippen molar-refractivity contribution in [2.45, 2.75) is 77.2 Å². The van der Waals surface area contributed by atoms with Gasteiger partial charge in [-0.1, -0.05) is 45.4 Å². The maximum absolute atomic E-state index is 12.6. The lowest BCUT2D eigenvalue weighted by atomic mass is 9.86. The van der Waals surface area contributed by atoms with Crippen LogP contribution in [-0.4, -0.2) is 39.6 Å². The molecule has 0 radical (unpaired) electrons. The summed E-state index contributed by atoms with van der Waals surface area (Å²) < 4.78 is 13.4. The highest BCUT2D eigenvalue weighted by Crippen LogP contribution is 2.27. The Morgan fingerprint density at radius 2 is 1.84 bits per heavy atom. The van der Waals surface area contributed by atoms with Crippen LogP contribution >= 0.6 is 11.8 Å². The molecule has 1 aliphatic rings. The van der Waals surface area contributed by atoms with Gasteiger partial charge in [0.1, 0.15) is 11.5 Å². The molecule has 1 aromatic heterocycles. The van der Waals surface area contributed by atoms with Crippen molar-refractivity contribution < 1.29 is 14.3 Å².